The maximum atomic E-state index is 12.1. The maximum Gasteiger partial charge on any atom is 0.169 e. The highest BCUT2D eigenvalue weighted by molar-refractivity contribution is 6.03. The van der Waals surface area contributed by atoms with Crippen molar-refractivity contribution < 1.29 is 14.3 Å². The molecule has 1 aliphatic rings. The first kappa shape index (κ1) is 13.9. The van der Waals surface area contributed by atoms with Crippen LogP contribution in [0.25, 0.3) is 0 Å². The summed E-state index contributed by atoms with van der Waals surface area (Å²) in [5.41, 5.74) is 1.04. The molecule has 19 heavy (non-hydrogen) atoms. The van der Waals surface area contributed by atoms with E-state index in [1.165, 1.54) is 0 Å². The van der Waals surface area contributed by atoms with Crippen LogP contribution in [0.1, 0.15) is 31.7 Å². The molecule has 1 fully saturated rings. The van der Waals surface area contributed by atoms with E-state index >= 15 is 0 Å². The molecule has 1 aromatic carbocycles. The Morgan fingerprint density at radius 2 is 2.05 bits per heavy atom. The van der Waals surface area contributed by atoms with Gasteiger partial charge in [0.25, 0.3) is 0 Å². The van der Waals surface area contributed by atoms with Crippen molar-refractivity contribution >= 4 is 11.6 Å². The van der Waals surface area contributed by atoms with E-state index in [1.54, 1.807) is 0 Å². The lowest BCUT2D eigenvalue weighted by Gasteiger charge is -2.26. The minimum atomic E-state index is -0.440. The molecule has 0 heterocycles. The Labute approximate surface area is 114 Å². The molecule has 0 unspecified atom stereocenters. The van der Waals surface area contributed by atoms with Gasteiger partial charge in [-0.3, -0.25) is 9.59 Å². The van der Waals surface area contributed by atoms with E-state index in [0.717, 1.165) is 18.4 Å². The molecule has 0 radical (unpaired) electrons. The van der Waals surface area contributed by atoms with E-state index in [-0.39, 0.29) is 24.1 Å². The number of carbonyl (C=O) groups excluding carboxylic acids is 2. The van der Waals surface area contributed by atoms with Crippen LogP contribution in [0, 0.1) is 11.8 Å². The van der Waals surface area contributed by atoms with Gasteiger partial charge < -0.3 is 4.74 Å². The molecule has 1 aliphatic carbocycles. The Kier molecular flexibility index (Phi) is 4.86. The maximum absolute atomic E-state index is 12.1. The van der Waals surface area contributed by atoms with Crippen LogP contribution in [0.4, 0.5) is 0 Å². The Morgan fingerprint density at radius 3 is 2.74 bits per heavy atom. The molecule has 2 rings (SSSR count). The number of Topliss-reactive ketones (excluding diaryl/α,β-unsaturated/α-hetero) is 2. The normalized spacial score (nSPS) is 23.3. The first-order valence-corrected chi connectivity index (χ1v) is 6.85. The van der Waals surface area contributed by atoms with Crippen LogP contribution >= 0.6 is 0 Å². The van der Waals surface area contributed by atoms with Gasteiger partial charge in [0.15, 0.2) is 5.78 Å². The summed E-state index contributed by atoms with van der Waals surface area (Å²) in [5, 5.41) is 0. The van der Waals surface area contributed by atoms with Gasteiger partial charge >= 0.3 is 0 Å². The summed E-state index contributed by atoms with van der Waals surface area (Å²) in [6, 6.07) is 9.73. The summed E-state index contributed by atoms with van der Waals surface area (Å²) in [4.78, 5) is 23.9. The highest BCUT2D eigenvalue weighted by atomic mass is 16.5. The number of ketones is 2. The molecule has 2 atom stereocenters. The minimum absolute atomic E-state index is 0.0373. The van der Waals surface area contributed by atoms with Gasteiger partial charge in [0, 0.05) is 6.42 Å². The summed E-state index contributed by atoms with van der Waals surface area (Å²) in [6.07, 6.45) is 2.41. The fraction of sp³-hybridized carbons (Fsp3) is 0.500. The second-order valence-electron chi connectivity index (χ2n) is 5.26. The number of ether oxygens (including phenoxy) is 1. The summed E-state index contributed by atoms with van der Waals surface area (Å²) in [6.45, 7) is 2.44. The van der Waals surface area contributed by atoms with Crippen LogP contribution in [0.15, 0.2) is 30.3 Å². The molecular formula is C16H20O3. The largest absolute Gasteiger partial charge is 0.369 e. The molecule has 0 bridgehead atoms. The van der Waals surface area contributed by atoms with E-state index in [9.17, 15) is 9.59 Å². The van der Waals surface area contributed by atoms with Crippen LogP contribution in [0.5, 0.6) is 0 Å². The lowest BCUT2D eigenvalue weighted by Crippen LogP contribution is -2.35. The average molecular weight is 260 g/mol. The first-order chi connectivity index (χ1) is 9.18. The number of carbonyl (C=O) groups is 2. The smallest absolute Gasteiger partial charge is 0.169 e. The quantitative estimate of drug-likeness (QED) is 0.765. The number of rotatable bonds is 5. The van der Waals surface area contributed by atoms with Crippen molar-refractivity contribution in [3.8, 4) is 0 Å². The topological polar surface area (TPSA) is 43.4 Å². The lowest BCUT2D eigenvalue weighted by atomic mass is 9.77. The third-order valence-corrected chi connectivity index (χ3v) is 3.70. The number of hydrogen-bond donors (Lipinski definition) is 0. The van der Waals surface area contributed by atoms with Crippen molar-refractivity contribution in [3.05, 3.63) is 35.9 Å². The van der Waals surface area contributed by atoms with Crippen molar-refractivity contribution in [1.82, 2.24) is 0 Å². The highest BCUT2D eigenvalue weighted by Crippen LogP contribution is 2.27. The zero-order valence-corrected chi connectivity index (χ0v) is 11.3. The Morgan fingerprint density at radius 1 is 1.32 bits per heavy atom. The highest BCUT2D eigenvalue weighted by Gasteiger charge is 2.34. The van der Waals surface area contributed by atoms with Gasteiger partial charge in [0.05, 0.1) is 12.5 Å². The van der Waals surface area contributed by atoms with Gasteiger partial charge in [-0.05, 0) is 24.3 Å². The molecule has 3 heteroatoms. The average Bonchev–Trinajstić information content (AvgIpc) is 2.40. The van der Waals surface area contributed by atoms with Crippen molar-refractivity contribution in [2.45, 2.75) is 32.8 Å². The minimum Gasteiger partial charge on any atom is -0.369 e. The summed E-state index contributed by atoms with van der Waals surface area (Å²) in [5.74, 6) is -0.251. The summed E-state index contributed by atoms with van der Waals surface area (Å²) in [7, 11) is 0. The van der Waals surface area contributed by atoms with Crippen molar-refractivity contribution in [2.75, 3.05) is 6.61 Å². The summed E-state index contributed by atoms with van der Waals surface area (Å²) >= 11 is 0. The predicted octanol–water partition coefficient (Wildman–Crippen LogP) is 2.78. The second kappa shape index (κ2) is 6.62. The van der Waals surface area contributed by atoms with E-state index in [1.807, 2.05) is 37.3 Å². The third-order valence-electron chi connectivity index (χ3n) is 3.70. The number of benzene rings is 1. The van der Waals surface area contributed by atoms with E-state index < -0.39 is 5.92 Å². The third kappa shape index (κ3) is 3.74. The molecule has 0 N–H and O–H groups in total. The van der Waals surface area contributed by atoms with Crippen LogP contribution < -0.4 is 0 Å². The molecule has 0 spiro atoms. The Balaban J connectivity index is 1.82. The van der Waals surface area contributed by atoms with Crippen LogP contribution in [0.2, 0.25) is 0 Å². The molecule has 1 saturated carbocycles. The number of hydrogen-bond acceptors (Lipinski definition) is 3. The van der Waals surface area contributed by atoms with Crippen molar-refractivity contribution in [1.29, 1.82) is 0 Å². The van der Waals surface area contributed by atoms with Crippen LogP contribution in [0.3, 0.4) is 0 Å². The summed E-state index contributed by atoms with van der Waals surface area (Å²) < 4.78 is 5.43. The van der Waals surface area contributed by atoms with E-state index in [0.29, 0.717) is 13.0 Å². The molecule has 102 valence electrons. The van der Waals surface area contributed by atoms with Gasteiger partial charge in [0.2, 0.25) is 0 Å². The monoisotopic (exact) mass is 260 g/mol. The SMILES string of the molecule is C[C@@H]1CCCC(=O)[C@H]1C(=O)COCc1ccccc1. The van der Waals surface area contributed by atoms with Gasteiger partial charge in [-0.15, -0.1) is 0 Å². The first-order valence-electron chi connectivity index (χ1n) is 6.85. The molecular weight excluding hydrogens is 240 g/mol. The Bertz CT molecular complexity index is 439. The zero-order chi connectivity index (χ0) is 13.7. The van der Waals surface area contributed by atoms with Crippen LogP contribution in [-0.2, 0) is 20.9 Å². The fourth-order valence-corrected chi connectivity index (χ4v) is 2.67. The van der Waals surface area contributed by atoms with Gasteiger partial charge in [-0.25, -0.2) is 0 Å². The van der Waals surface area contributed by atoms with E-state index in [4.69, 9.17) is 4.74 Å². The van der Waals surface area contributed by atoms with E-state index in [2.05, 4.69) is 0 Å². The molecule has 0 aromatic heterocycles. The molecule has 0 saturated heterocycles. The molecule has 0 amide bonds. The molecule has 0 aliphatic heterocycles. The fourth-order valence-electron chi connectivity index (χ4n) is 2.67. The Hall–Kier alpha value is -1.48. The lowest BCUT2D eigenvalue weighted by molar-refractivity contribution is -0.139. The standard InChI is InChI=1S/C16H20O3/c1-12-6-5-9-14(17)16(12)15(18)11-19-10-13-7-3-2-4-8-13/h2-4,7-8,12,16H,5-6,9-11H2,1H3/t12-,16+/m1/s1. The predicted molar refractivity (Wildman–Crippen MR) is 72.6 cm³/mol. The van der Waals surface area contributed by atoms with Gasteiger partial charge in [-0.1, -0.05) is 37.3 Å². The van der Waals surface area contributed by atoms with Gasteiger partial charge in [-0.2, -0.15) is 0 Å². The zero-order valence-electron chi connectivity index (χ0n) is 11.3. The molecule has 3 nitrogen and oxygen atoms in total. The van der Waals surface area contributed by atoms with Crippen LogP contribution in [-0.4, -0.2) is 18.2 Å². The molecule has 1 aromatic rings. The van der Waals surface area contributed by atoms with Crippen molar-refractivity contribution in [3.63, 3.8) is 0 Å². The second-order valence-corrected chi connectivity index (χ2v) is 5.26. The van der Waals surface area contributed by atoms with Gasteiger partial charge in [0.1, 0.15) is 12.4 Å². The van der Waals surface area contributed by atoms with Crippen molar-refractivity contribution in [2.24, 2.45) is 11.8 Å².